The van der Waals surface area contributed by atoms with Crippen molar-refractivity contribution >= 4 is 25.5 Å². The maximum atomic E-state index is 11.3. The summed E-state index contributed by atoms with van der Waals surface area (Å²) in [6.07, 6.45) is 0. The van der Waals surface area contributed by atoms with Crippen molar-refractivity contribution in [1.82, 2.24) is 0 Å². The molecule has 1 aliphatic heterocycles. The van der Waals surface area contributed by atoms with E-state index < -0.39 is 25.9 Å². The third kappa shape index (κ3) is 2.71. The molecule has 5 nitrogen and oxygen atoms in total. The van der Waals surface area contributed by atoms with Gasteiger partial charge in [-0.3, -0.25) is 4.57 Å². The molecule has 0 unspecified atom stereocenters. The van der Waals surface area contributed by atoms with Gasteiger partial charge in [0.1, 0.15) is 0 Å². The summed E-state index contributed by atoms with van der Waals surface area (Å²) in [7, 11) is -4.76. The van der Waals surface area contributed by atoms with Crippen molar-refractivity contribution in [3.8, 4) is 0 Å². The lowest BCUT2D eigenvalue weighted by Crippen LogP contribution is -2.41. The van der Waals surface area contributed by atoms with Gasteiger partial charge in [0.05, 0.1) is 16.5 Å². The predicted octanol–water partition coefficient (Wildman–Crippen LogP) is 1.10. The molecule has 0 aliphatic carbocycles. The minimum absolute atomic E-state index is 0.0396. The summed E-state index contributed by atoms with van der Waals surface area (Å²) < 4.78 is 23.2. The molecule has 1 aromatic rings. The summed E-state index contributed by atoms with van der Waals surface area (Å²) in [5.41, 5.74) is 0.421. The second kappa shape index (κ2) is 4.68. The van der Waals surface area contributed by atoms with E-state index in [1.165, 1.54) is 6.07 Å². The van der Waals surface area contributed by atoms with Gasteiger partial charge in [0, 0.05) is 0 Å². The van der Waals surface area contributed by atoms with Gasteiger partial charge in [0.2, 0.25) is 0 Å². The van der Waals surface area contributed by atoms with E-state index in [0.29, 0.717) is 5.56 Å². The molecule has 0 spiro atoms. The van der Waals surface area contributed by atoms with E-state index in [9.17, 15) is 14.4 Å². The van der Waals surface area contributed by atoms with Crippen LogP contribution in [-0.2, 0) is 13.9 Å². The number of aryl methyl sites for hydroxylation is 1. The average Bonchev–Trinajstić information content (AvgIpc) is 2.46. The average molecular weight is 298 g/mol. The van der Waals surface area contributed by atoms with Crippen LogP contribution in [0.15, 0.2) is 18.2 Å². The fourth-order valence-electron chi connectivity index (χ4n) is 2.13. The van der Waals surface area contributed by atoms with Crippen molar-refractivity contribution in [3.05, 3.63) is 23.8 Å². The van der Waals surface area contributed by atoms with Crippen molar-refractivity contribution in [2.24, 2.45) is 0 Å². The van der Waals surface area contributed by atoms with Crippen LogP contribution in [0.25, 0.3) is 0 Å². The van der Waals surface area contributed by atoms with E-state index >= 15 is 0 Å². The summed E-state index contributed by atoms with van der Waals surface area (Å²) >= 11 is 0. The van der Waals surface area contributed by atoms with E-state index in [4.69, 9.17) is 9.31 Å². The standard InChI is InChI=1S/C13H20BO5P/c1-9-8-10(6-7-11(9)20(15,16)17)14-18-12(2,3)13(4,5)19-14/h6-8H,1-5H3,(H2,15,16,17). The van der Waals surface area contributed by atoms with Gasteiger partial charge < -0.3 is 19.1 Å². The minimum Gasteiger partial charge on any atom is -0.399 e. The molecule has 0 saturated carbocycles. The molecule has 0 aromatic heterocycles. The van der Waals surface area contributed by atoms with Gasteiger partial charge in [0.25, 0.3) is 0 Å². The first-order valence-electron chi connectivity index (χ1n) is 6.46. The third-order valence-electron chi connectivity index (χ3n) is 4.06. The van der Waals surface area contributed by atoms with Crippen LogP contribution in [0, 0.1) is 6.92 Å². The van der Waals surface area contributed by atoms with Gasteiger partial charge in [-0.05, 0) is 51.7 Å². The van der Waals surface area contributed by atoms with E-state index in [1.807, 2.05) is 27.7 Å². The van der Waals surface area contributed by atoms with Crippen molar-refractivity contribution in [3.63, 3.8) is 0 Å². The Labute approximate surface area is 119 Å². The lowest BCUT2D eigenvalue weighted by molar-refractivity contribution is 0.00578. The van der Waals surface area contributed by atoms with Crippen molar-refractivity contribution in [1.29, 1.82) is 0 Å². The van der Waals surface area contributed by atoms with Gasteiger partial charge in [0.15, 0.2) is 0 Å². The van der Waals surface area contributed by atoms with Gasteiger partial charge in [-0.2, -0.15) is 0 Å². The molecule has 110 valence electrons. The van der Waals surface area contributed by atoms with E-state index in [1.54, 1.807) is 19.1 Å². The predicted molar refractivity (Wildman–Crippen MR) is 78.6 cm³/mol. The molecule has 1 fully saturated rings. The highest BCUT2D eigenvalue weighted by atomic mass is 31.2. The molecule has 20 heavy (non-hydrogen) atoms. The molecule has 0 radical (unpaired) electrons. The second-order valence-electron chi connectivity index (χ2n) is 6.18. The maximum absolute atomic E-state index is 11.3. The fraction of sp³-hybridized carbons (Fsp3) is 0.538. The van der Waals surface area contributed by atoms with Gasteiger partial charge >= 0.3 is 14.7 Å². The molecule has 7 heteroatoms. The Bertz CT molecular complexity index is 562. The quantitative estimate of drug-likeness (QED) is 0.631. The monoisotopic (exact) mass is 298 g/mol. The lowest BCUT2D eigenvalue weighted by atomic mass is 9.78. The Balaban J connectivity index is 2.33. The molecule has 1 aromatic carbocycles. The summed E-state index contributed by atoms with van der Waals surface area (Å²) in [4.78, 5) is 18.5. The first-order chi connectivity index (χ1) is 8.94. The number of hydrogen-bond acceptors (Lipinski definition) is 3. The van der Waals surface area contributed by atoms with Crippen molar-refractivity contribution < 1.29 is 23.7 Å². The zero-order chi connectivity index (χ0) is 15.3. The zero-order valence-corrected chi connectivity index (χ0v) is 13.3. The Hall–Kier alpha value is -0.645. The molecule has 2 N–H and O–H groups in total. The summed E-state index contributed by atoms with van der Waals surface area (Å²) in [5, 5.41) is 0.0396. The van der Waals surface area contributed by atoms with Crippen LogP contribution in [0.3, 0.4) is 0 Å². The highest BCUT2D eigenvalue weighted by Crippen LogP contribution is 2.37. The Morgan fingerprint density at radius 1 is 1.10 bits per heavy atom. The molecule has 1 heterocycles. The minimum atomic E-state index is -4.24. The number of hydrogen-bond donors (Lipinski definition) is 2. The molecule has 0 atom stereocenters. The normalized spacial score (nSPS) is 21.2. The Kier molecular flexibility index (Phi) is 3.69. The van der Waals surface area contributed by atoms with Crippen LogP contribution in [0.2, 0.25) is 0 Å². The highest BCUT2D eigenvalue weighted by Gasteiger charge is 2.51. The lowest BCUT2D eigenvalue weighted by Gasteiger charge is -2.32. The second-order valence-corrected chi connectivity index (χ2v) is 7.75. The van der Waals surface area contributed by atoms with Crippen molar-refractivity contribution in [2.45, 2.75) is 45.8 Å². The van der Waals surface area contributed by atoms with Crippen LogP contribution < -0.4 is 10.8 Å². The van der Waals surface area contributed by atoms with Gasteiger partial charge in [-0.1, -0.05) is 12.1 Å². The fourth-order valence-corrected chi connectivity index (χ4v) is 2.92. The maximum Gasteiger partial charge on any atom is 0.494 e. The van der Waals surface area contributed by atoms with E-state index in [-0.39, 0.29) is 5.30 Å². The smallest absolute Gasteiger partial charge is 0.399 e. The zero-order valence-electron chi connectivity index (χ0n) is 12.4. The molecule has 1 saturated heterocycles. The molecular formula is C13H20BO5P. The molecule has 2 rings (SSSR count). The van der Waals surface area contributed by atoms with E-state index in [2.05, 4.69) is 0 Å². The van der Waals surface area contributed by atoms with Gasteiger partial charge in [-0.25, -0.2) is 0 Å². The van der Waals surface area contributed by atoms with Crippen LogP contribution >= 0.6 is 7.60 Å². The van der Waals surface area contributed by atoms with Crippen LogP contribution in [0.5, 0.6) is 0 Å². The molecular weight excluding hydrogens is 278 g/mol. The third-order valence-corrected chi connectivity index (χ3v) is 5.19. The van der Waals surface area contributed by atoms with Crippen LogP contribution in [-0.4, -0.2) is 28.1 Å². The topological polar surface area (TPSA) is 76.0 Å². The summed E-state index contributed by atoms with van der Waals surface area (Å²) in [6.45, 7) is 9.52. The number of rotatable bonds is 2. The van der Waals surface area contributed by atoms with Crippen LogP contribution in [0.4, 0.5) is 0 Å². The molecule has 0 bridgehead atoms. The first-order valence-corrected chi connectivity index (χ1v) is 8.07. The van der Waals surface area contributed by atoms with E-state index in [0.717, 1.165) is 5.46 Å². The molecule has 0 amide bonds. The van der Waals surface area contributed by atoms with Crippen LogP contribution in [0.1, 0.15) is 33.3 Å². The van der Waals surface area contributed by atoms with Gasteiger partial charge in [-0.15, -0.1) is 0 Å². The summed E-state index contributed by atoms with van der Waals surface area (Å²) in [6, 6.07) is 4.79. The van der Waals surface area contributed by atoms with Crippen molar-refractivity contribution in [2.75, 3.05) is 0 Å². The summed E-state index contributed by atoms with van der Waals surface area (Å²) in [5.74, 6) is 0. The Morgan fingerprint density at radius 3 is 2.00 bits per heavy atom. The largest absolute Gasteiger partial charge is 0.494 e. The highest BCUT2D eigenvalue weighted by molar-refractivity contribution is 7.60. The number of benzene rings is 1. The SMILES string of the molecule is Cc1cc(B2OC(C)(C)C(C)(C)O2)ccc1P(=O)(O)O. The molecule has 1 aliphatic rings. The Morgan fingerprint density at radius 2 is 1.60 bits per heavy atom. The first kappa shape index (κ1) is 15.7.